The molecule has 0 unspecified atom stereocenters. The molecule has 2 rings (SSSR count). The Morgan fingerprint density at radius 2 is 2.14 bits per heavy atom. The quantitative estimate of drug-likeness (QED) is 0.777. The third kappa shape index (κ3) is 1.56. The number of pyridine rings is 1. The highest BCUT2D eigenvalue weighted by Crippen LogP contribution is 2.16. The number of rotatable bonds is 2. The van der Waals surface area contributed by atoms with E-state index < -0.39 is 0 Å². The zero-order chi connectivity index (χ0) is 9.97. The molecule has 0 radical (unpaired) electrons. The van der Waals surface area contributed by atoms with Gasteiger partial charge in [-0.3, -0.25) is 0 Å². The molecule has 0 atom stereocenters. The molecule has 0 saturated heterocycles. The second-order valence-electron chi connectivity index (χ2n) is 2.81. The molecule has 0 aliphatic carbocycles. The van der Waals surface area contributed by atoms with Crippen LogP contribution >= 0.6 is 0 Å². The van der Waals surface area contributed by atoms with Crippen molar-refractivity contribution in [3.63, 3.8) is 0 Å². The molecular formula is C9H10N4O. The molecular weight excluding hydrogens is 180 g/mol. The van der Waals surface area contributed by atoms with Crippen LogP contribution in [0.1, 0.15) is 5.89 Å². The summed E-state index contributed by atoms with van der Waals surface area (Å²) in [6, 6.07) is 3.74. The Bertz CT molecular complexity index is 421. The van der Waals surface area contributed by atoms with Gasteiger partial charge in [-0.1, -0.05) is 0 Å². The van der Waals surface area contributed by atoms with Crippen molar-refractivity contribution in [3.05, 3.63) is 24.2 Å². The van der Waals surface area contributed by atoms with E-state index in [2.05, 4.69) is 20.5 Å². The Balaban J connectivity index is 2.33. The summed E-state index contributed by atoms with van der Waals surface area (Å²) in [6.07, 6.45) is 1.72. The first-order valence-electron chi connectivity index (χ1n) is 4.24. The first kappa shape index (κ1) is 8.68. The van der Waals surface area contributed by atoms with Crippen LogP contribution in [0.25, 0.3) is 11.6 Å². The number of anilines is 1. The average molecular weight is 190 g/mol. The largest absolute Gasteiger partial charge is 0.420 e. The van der Waals surface area contributed by atoms with Gasteiger partial charge in [0.15, 0.2) is 0 Å². The lowest BCUT2D eigenvalue weighted by atomic mass is 10.3. The van der Waals surface area contributed by atoms with E-state index in [0.717, 1.165) is 5.69 Å². The summed E-state index contributed by atoms with van der Waals surface area (Å²) in [5, 5.41) is 10.6. The summed E-state index contributed by atoms with van der Waals surface area (Å²) in [4.78, 5) is 4.17. The first-order valence-corrected chi connectivity index (χ1v) is 4.24. The molecule has 0 aromatic carbocycles. The van der Waals surface area contributed by atoms with E-state index in [4.69, 9.17) is 4.42 Å². The molecule has 0 amide bonds. The highest BCUT2D eigenvalue weighted by Gasteiger charge is 2.06. The number of aryl methyl sites for hydroxylation is 1. The van der Waals surface area contributed by atoms with E-state index in [9.17, 15) is 0 Å². The molecule has 0 saturated carbocycles. The van der Waals surface area contributed by atoms with Gasteiger partial charge < -0.3 is 9.73 Å². The van der Waals surface area contributed by atoms with E-state index in [1.807, 2.05) is 19.2 Å². The molecule has 0 aliphatic heterocycles. The lowest BCUT2D eigenvalue weighted by molar-refractivity contribution is 0.531. The Labute approximate surface area is 81.2 Å². The van der Waals surface area contributed by atoms with E-state index in [-0.39, 0.29) is 0 Å². The van der Waals surface area contributed by atoms with Crippen LogP contribution in [-0.4, -0.2) is 22.2 Å². The van der Waals surface area contributed by atoms with Crippen LogP contribution in [0.2, 0.25) is 0 Å². The van der Waals surface area contributed by atoms with Crippen molar-refractivity contribution in [1.29, 1.82) is 0 Å². The molecule has 0 bridgehead atoms. The molecule has 5 nitrogen and oxygen atoms in total. The minimum Gasteiger partial charge on any atom is -0.420 e. The van der Waals surface area contributed by atoms with Crippen molar-refractivity contribution in [3.8, 4) is 11.6 Å². The molecule has 0 spiro atoms. The van der Waals surface area contributed by atoms with Crippen molar-refractivity contribution in [2.24, 2.45) is 0 Å². The van der Waals surface area contributed by atoms with Gasteiger partial charge in [-0.05, 0) is 12.1 Å². The second kappa shape index (κ2) is 3.45. The van der Waals surface area contributed by atoms with Crippen LogP contribution in [-0.2, 0) is 0 Å². The number of nitrogens with one attached hydrogen (secondary N) is 1. The van der Waals surface area contributed by atoms with Crippen LogP contribution in [0.3, 0.4) is 0 Å². The molecule has 2 heterocycles. The zero-order valence-electron chi connectivity index (χ0n) is 7.98. The predicted octanol–water partition coefficient (Wildman–Crippen LogP) is 1.48. The second-order valence-corrected chi connectivity index (χ2v) is 2.81. The fraction of sp³-hybridized carbons (Fsp3) is 0.222. The molecule has 1 N–H and O–H groups in total. The predicted molar refractivity (Wildman–Crippen MR) is 51.8 cm³/mol. The maximum atomic E-state index is 5.24. The highest BCUT2D eigenvalue weighted by atomic mass is 16.4. The van der Waals surface area contributed by atoms with Gasteiger partial charge in [-0.15, -0.1) is 10.2 Å². The Hall–Kier alpha value is -1.91. The summed E-state index contributed by atoms with van der Waals surface area (Å²) >= 11 is 0. The summed E-state index contributed by atoms with van der Waals surface area (Å²) in [5.41, 5.74) is 1.63. The SMILES string of the molecule is CNc1ccc(-c2nnc(C)o2)nc1. The van der Waals surface area contributed by atoms with Gasteiger partial charge in [0.05, 0.1) is 11.9 Å². The number of hydrogen-bond donors (Lipinski definition) is 1. The van der Waals surface area contributed by atoms with Crippen molar-refractivity contribution in [2.75, 3.05) is 12.4 Å². The van der Waals surface area contributed by atoms with Crippen LogP contribution in [0.5, 0.6) is 0 Å². The molecule has 0 aliphatic rings. The fourth-order valence-corrected chi connectivity index (χ4v) is 1.07. The fourth-order valence-electron chi connectivity index (χ4n) is 1.07. The number of hydrogen-bond acceptors (Lipinski definition) is 5. The van der Waals surface area contributed by atoms with Crippen LogP contribution < -0.4 is 5.32 Å². The maximum absolute atomic E-state index is 5.24. The van der Waals surface area contributed by atoms with E-state index in [1.54, 1.807) is 13.1 Å². The van der Waals surface area contributed by atoms with Gasteiger partial charge >= 0.3 is 0 Å². The van der Waals surface area contributed by atoms with Crippen LogP contribution in [0.4, 0.5) is 5.69 Å². The van der Waals surface area contributed by atoms with Crippen LogP contribution in [0, 0.1) is 6.92 Å². The highest BCUT2D eigenvalue weighted by molar-refractivity contribution is 5.51. The van der Waals surface area contributed by atoms with Crippen molar-refractivity contribution < 1.29 is 4.42 Å². The summed E-state index contributed by atoms with van der Waals surface area (Å²) in [5.74, 6) is 0.990. The van der Waals surface area contributed by atoms with E-state index >= 15 is 0 Å². The first-order chi connectivity index (χ1) is 6.79. The minimum atomic E-state index is 0.449. The molecule has 0 fully saturated rings. The smallest absolute Gasteiger partial charge is 0.266 e. The van der Waals surface area contributed by atoms with E-state index in [0.29, 0.717) is 17.5 Å². The number of aromatic nitrogens is 3. The monoisotopic (exact) mass is 190 g/mol. The third-order valence-electron chi connectivity index (χ3n) is 1.80. The van der Waals surface area contributed by atoms with Gasteiger partial charge in [0, 0.05) is 14.0 Å². The maximum Gasteiger partial charge on any atom is 0.266 e. The molecule has 2 aromatic heterocycles. The molecule has 5 heteroatoms. The summed E-state index contributed by atoms with van der Waals surface area (Å²) in [6.45, 7) is 1.75. The lowest BCUT2D eigenvalue weighted by Crippen LogP contribution is -1.90. The van der Waals surface area contributed by atoms with Gasteiger partial charge in [0.1, 0.15) is 5.69 Å². The zero-order valence-corrected chi connectivity index (χ0v) is 7.98. The van der Waals surface area contributed by atoms with Crippen LogP contribution in [0.15, 0.2) is 22.7 Å². The average Bonchev–Trinajstić information content (AvgIpc) is 2.65. The van der Waals surface area contributed by atoms with Gasteiger partial charge in [0.25, 0.3) is 5.89 Å². The standard InChI is InChI=1S/C9H10N4O/c1-6-12-13-9(14-6)8-4-3-7(10-2)5-11-8/h3-5,10H,1-2H3. The topological polar surface area (TPSA) is 63.8 Å². The third-order valence-corrected chi connectivity index (χ3v) is 1.80. The van der Waals surface area contributed by atoms with Gasteiger partial charge in [0.2, 0.25) is 5.89 Å². The molecule has 14 heavy (non-hydrogen) atoms. The van der Waals surface area contributed by atoms with Crippen molar-refractivity contribution in [1.82, 2.24) is 15.2 Å². The Morgan fingerprint density at radius 3 is 2.64 bits per heavy atom. The minimum absolute atomic E-state index is 0.449. The Kier molecular flexibility index (Phi) is 2.14. The number of nitrogens with zero attached hydrogens (tertiary/aromatic N) is 3. The van der Waals surface area contributed by atoms with Crippen molar-refractivity contribution in [2.45, 2.75) is 6.92 Å². The normalized spacial score (nSPS) is 10.1. The molecule has 72 valence electrons. The summed E-state index contributed by atoms with van der Waals surface area (Å²) < 4.78 is 5.24. The van der Waals surface area contributed by atoms with Gasteiger partial charge in [-0.2, -0.15) is 0 Å². The lowest BCUT2D eigenvalue weighted by Gasteiger charge is -1.98. The molecule has 2 aromatic rings. The van der Waals surface area contributed by atoms with E-state index in [1.165, 1.54) is 0 Å². The van der Waals surface area contributed by atoms with Crippen molar-refractivity contribution >= 4 is 5.69 Å². The summed E-state index contributed by atoms with van der Waals surface area (Å²) in [7, 11) is 1.84. The Morgan fingerprint density at radius 1 is 1.29 bits per heavy atom. The van der Waals surface area contributed by atoms with Gasteiger partial charge in [-0.25, -0.2) is 4.98 Å².